The van der Waals surface area contributed by atoms with Crippen LogP contribution in [0.4, 0.5) is 13.2 Å². The van der Waals surface area contributed by atoms with E-state index in [1.54, 1.807) is 0 Å². The highest BCUT2D eigenvalue weighted by Crippen LogP contribution is 2.17. The first-order valence-electron chi connectivity index (χ1n) is 9.45. The molecule has 28 heavy (non-hydrogen) atoms. The lowest BCUT2D eigenvalue weighted by Crippen LogP contribution is -2.61. The van der Waals surface area contributed by atoms with E-state index in [9.17, 15) is 22.8 Å². The molecule has 1 fully saturated rings. The Kier molecular flexibility index (Phi) is 7.82. The molecule has 6 nitrogen and oxygen atoms in total. The highest BCUT2D eigenvalue weighted by molar-refractivity contribution is 5.89. The number of rotatable bonds is 8. The van der Waals surface area contributed by atoms with E-state index in [0.29, 0.717) is 25.7 Å². The highest BCUT2D eigenvalue weighted by atomic mass is 19.2. The van der Waals surface area contributed by atoms with Crippen molar-refractivity contribution in [3.63, 3.8) is 0 Å². The average Bonchev–Trinajstić information content (AvgIpc) is 2.64. The van der Waals surface area contributed by atoms with E-state index in [1.165, 1.54) is 4.90 Å². The van der Waals surface area contributed by atoms with Crippen molar-refractivity contribution in [3.05, 3.63) is 35.1 Å². The Hall–Kier alpha value is -2.13. The van der Waals surface area contributed by atoms with Gasteiger partial charge >= 0.3 is 0 Å². The summed E-state index contributed by atoms with van der Waals surface area (Å²) in [6, 6.07) is -0.180. The summed E-state index contributed by atoms with van der Waals surface area (Å²) in [6.07, 6.45) is -0.240. The number of carbonyl (C=O) groups excluding carboxylic acids is 2. The number of carbonyl (C=O) groups is 2. The number of hydrogen-bond donors (Lipinski definition) is 2. The van der Waals surface area contributed by atoms with Gasteiger partial charge in [0.2, 0.25) is 11.8 Å². The van der Waals surface area contributed by atoms with Gasteiger partial charge in [-0.15, -0.1) is 0 Å². The van der Waals surface area contributed by atoms with Gasteiger partial charge in [-0.3, -0.25) is 9.59 Å². The molecule has 1 saturated heterocycles. The fourth-order valence-corrected chi connectivity index (χ4v) is 3.34. The summed E-state index contributed by atoms with van der Waals surface area (Å²) in [7, 11) is 0. The highest BCUT2D eigenvalue weighted by Gasteiger charge is 2.34. The SMILES string of the molecule is CCN(CC)C[C@@H]1C(=O)NCCN1C(=O)CC(N)Cc1cc(F)c(F)cc1F. The number of halogens is 3. The van der Waals surface area contributed by atoms with Crippen molar-refractivity contribution in [1.29, 1.82) is 0 Å². The molecule has 0 bridgehead atoms. The van der Waals surface area contributed by atoms with Crippen LogP contribution < -0.4 is 11.1 Å². The molecule has 2 rings (SSSR count). The zero-order valence-corrected chi connectivity index (χ0v) is 16.2. The van der Waals surface area contributed by atoms with Crippen molar-refractivity contribution in [2.24, 2.45) is 5.73 Å². The molecule has 0 radical (unpaired) electrons. The molecule has 1 aromatic rings. The normalized spacial score (nSPS) is 18.3. The Bertz CT molecular complexity index is 713. The second-order valence-corrected chi connectivity index (χ2v) is 6.91. The van der Waals surface area contributed by atoms with Gasteiger partial charge in [0.25, 0.3) is 0 Å². The summed E-state index contributed by atoms with van der Waals surface area (Å²) in [4.78, 5) is 28.6. The minimum Gasteiger partial charge on any atom is -0.352 e. The Morgan fingerprint density at radius 3 is 2.54 bits per heavy atom. The van der Waals surface area contributed by atoms with Gasteiger partial charge in [0, 0.05) is 38.2 Å². The third-order valence-electron chi connectivity index (χ3n) is 4.98. The van der Waals surface area contributed by atoms with Crippen LogP contribution in [0, 0.1) is 17.5 Å². The summed E-state index contributed by atoms with van der Waals surface area (Å²) >= 11 is 0. The fraction of sp³-hybridized carbons (Fsp3) is 0.579. The third-order valence-corrected chi connectivity index (χ3v) is 4.98. The Morgan fingerprint density at radius 2 is 1.89 bits per heavy atom. The van der Waals surface area contributed by atoms with Crippen molar-refractivity contribution in [3.8, 4) is 0 Å². The first-order valence-corrected chi connectivity index (χ1v) is 9.45. The summed E-state index contributed by atoms with van der Waals surface area (Å²) < 4.78 is 40.2. The molecular weight excluding hydrogens is 373 g/mol. The Balaban J connectivity index is 2.04. The second kappa shape index (κ2) is 9.88. The quantitative estimate of drug-likeness (QED) is 0.639. The van der Waals surface area contributed by atoms with E-state index < -0.39 is 29.5 Å². The molecule has 9 heteroatoms. The number of nitrogens with one attached hydrogen (secondary N) is 1. The number of nitrogens with two attached hydrogens (primary N) is 1. The molecule has 1 aliphatic heterocycles. The lowest BCUT2D eigenvalue weighted by molar-refractivity contribution is -0.144. The van der Waals surface area contributed by atoms with Gasteiger partial charge in [-0.25, -0.2) is 13.2 Å². The third kappa shape index (κ3) is 5.45. The van der Waals surface area contributed by atoms with Crippen LogP contribution in [0.5, 0.6) is 0 Å². The maximum atomic E-state index is 13.8. The van der Waals surface area contributed by atoms with Crippen LogP contribution in [-0.2, 0) is 16.0 Å². The number of likely N-dealkylation sites (N-methyl/N-ethyl adjacent to an activating group) is 1. The molecule has 1 aliphatic rings. The van der Waals surface area contributed by atoms with Gasteiger partial charge in [0.1, 0.15) is 11.9 Å². The molecule has 1 aromatic carbocycles. The molecule has 1 unspecified atom stereocenters. The minimum absolute atomic E-state index is 0.0877. The Morgan fingerprint density at radius 1 is 1.25 bits per heavy atom. The predicted molar refractivity (Wildman–Crippen MR) is 98.9 cm³/mol. The molecular formula is C19H27F3N4O2. The van der Waals surface area contributed by atoms with Gasteiger partial charge in [0.05, 0.1) is 0 Å². The second-order valence-electron chi connectivity index (χ2n) is 6.91. The topological polar surface area (TPSA) is 78.7 Å². The first kappa shape index (κ1) is 22.2. The molecule has 156 valence electrons. The van der Waals surface area contributed by atoms with Crippen molar-refractivity contribution in [2.45, 2.75) is 38.8 Å². The Labute approximate surface area is 162 Å². The molecule has 1 heterocycles. The van der Waals surface area contributed by atoms with Crippen molar-refractivity contribution in [1.82, 2.24) is 15.1 Å². The molecule has 2 atom stereocenters. The molecule has 0 aliphatic carbocycles. The number of hydrogen-bond acceptors (Lipinski definition) is 4. The molecule has 0 spiro atoms. The maximum Gasteiger partial charge on any atom is 0.244 e. The summed E-state index contributed by atoms with van der Waals surface area (Å²) in [5, 5.41) is 2.77. The number of nitrogens with zero attached hydrogens (tertiary/aromatic N) is 2. The minimum atomic E-state index is -1.27. The van der Waals surface area contributed by atoms with Gasteiger partial charge < -0.3 is 20.9 Å². The van der Waals surface area contributed by atoms with E-state index in [-0.39, 0.29) is 30.2 Å². The first-order chi connectivity index (χ1) is 13.3. The van der Waals surface area contributed by atoms with Crippen molar-refractivity contribution in [2.75, 3.05) is 32.7 Å². The predicted octanol–water partition coefficient (Wildman–Crippen LogP) is 1.03. The van der Waals surface area contributed by atoms with E-state index in [0.717, 1.165) is 19.2 Å². The van der Waals surface area contributed by atoms with Crippen LogP contribution in [0.2, 0.25) is 0 Å². The monoisotopic (exact) mass is 400 g/mol. The van der Waals surface area contributed by atoms with Crippen LogP contribution in [0.3, 0.4) is 0 Å². The van der Waals surface area contributed by atoms with E-state index in [4.69, 9.17) is 5.73 Å². The lowest BCUT2D eigenvalue weighted by atomic mass is 10.0. The number of benzene rings is 1. The number of piperazine rings is 1. The largest absolute Gasteiger partial charge is 0.352 e. The van der Waals surface area contributed by atoms with E-state index in [1.807, 2.05) is 18.7 Å². The summed E-state index contributed by atoms with van der Waals surface area (Å²) in [5.74, 6) is -3.88. The van der Waals surface area contributed by atoms with E-state index in [2.05, 4.69) is 5.32 Å². The molecule has 0 aromatic heterocycles. The van der Waals surface area contributed by atoms with Crippen LogP contribution in [0.1, 0.15) is 25.8 Å². The zero-order chi connectivity index (χ0) is 20.8. The standard InChI is InChI=1S/C19H27F3N4O2/c1-3-25(4-2)11-17-19(28)24-5-6-26(17)18(27)9-13(23)7-12-8-15(21)16(22)10-14(12)20/h8,10,13,17H,3-7,9,11,23H2,1-2H3,(H,24,28)/t13?,17-/m1/s1. The smallest absolute Gasteiger partial charge is 0.244 e. The van der Waals surface area contributed by atoms with Crippen LogP contribution in [0.15, 0.2) is 12.1 Å². The summed E-state index contributed by atoms with van der Waals surface area (Å²) in [5.41, 5.74) is 5.87. The average molecular weight is 400 g/mol. The van der Waals surface area contributed by atoms with E-state index >= 15 is 0 Å². The van der Waals surface area contributed by atoms with Gasteiger partial charge in [-0.1, -0.05) is 13.8 Å². The fourth-order valence-electron chi connectivity index (χ4n) is 3.34. The van der Waals surface area contributed by atoms with Crippen molar-refractivity contribution < 1.29 is 22.8 Å². The zero-order valence-electron chi connectivity index (χ0n) is 16.2. The van der Waals surface area contributed by atoms with Gasteiger partial charge in [-0.2, -0.15) is 0 Å². The maximum absolute atomic E-state index is 13.8. The molecule has 2 amide bonds. The van der Waals surface area contributed by atoms with Crippen LogP contribution in [0.25, 0.3) is 0 Å². The lowest BCUT2D eigenvalue weighted by Gasteiger charge is -2.38. The molecule has 3 N–H and O–H groups in total. The van der Waals surface area contributed by atoms with Crippen LogP contribution >= 0.6 is 0 Å². The van der Waals surface area contributed by atoms with Gasteiger partial charge in [0.15, 0.2) is 11.6 Å². The summed E-state index contributed by atoms with van der Waals surface area (Å²) in [6.45, 7) is 6.58. The molecule has 0 saturated carbocycles. The van der Waals surface area contributed by atoms with Gasteiger partial charge in [-0.05, 0) is 31.1 Å². The number of amides is 2. The van der Waals surface area contributed by atoms with Crippen molar-refractivity contribution >= 4 is 11.8 Å². The van der Waals surface area contributed by atoms with Crippen LogP contribution in [-0.4, -0.2) is 66.4 Å².